The number of hydrogen-bond acceptors (Lipinski definition) is 1. The van der Waals surface area contributed by atoms with Gasteiger partial charge in [0.25, 0.3) is 0 Å². The minimum Gasteiger partial charge on any atom is -0.310 e. The van der Waals surface area contributed by atoms with Gasteiger partial charge in [0.2, 0.25) is 0 Å². The molecule has 0 saturated heterocycles. The van der Waals surface area contributed by atoms with Crippen molar-refractivity contribution in [2.24, 2.45) is 0 Å². The van der Waals surface area contributed by atoms with E-state index >= 15 is 0 Å². The fraction of sp³-hybridized carbons (Fsp3) is 0.366. The lowest BCUT2D eigenvalue weighted by Crippen LogP contribution is -2.17. The van der Waals surface area contributed by atoms with Crippen LogP contribution in [0.2, 0.25) is 0 Å². The number of anilines is 3. The molecule has 9 aromatic carbocycles. The second-order valence-electron chi connectivity index (χ2n) is 24.8. The van der Waals surface area contributed by atoms with Gasteiger partial charge in [0.05, 0.1) is 5.69 Å². The Bertz CT molecular complexity index is 3610. The molecule has 1 nitrogen and oxygen atoms in total. The van der Waals surface area contributed by atoms with Crippen molar-refractivity contribution < 1.29 is 0 Å². The molecule has 2 saturated carbocycles. The van der Waals surface area contributed by atoms with E-state index in [9.17, 15) is 0 Å². The molecule has 2 fully saturated rings. The second-order valence-corrected chi connectivity index (χ2v) is 24.8. The van der Waals surface area contributed by atoms with Crippen LogP contribution in [-0.4, -0.2) is 0 Å². The smallest absolute Gasteiger partial charge is 0.0543 e. The van der Waals surface area contributed by atoms with Gasteiger partial charge < -0.3 is 4.90 Å². The van der Waals surface area contributed by atoms with E-state index in [0.29, 0.717) is 17.8 Å². The molecule has 2 unspecified atom stereocenters. The number of hydrogen-bond donors (Lipinski definition) is 0. The first kappa shape index (κ1) is 60.6. The molecular weight excluding hydrogens is 999 g/mol. The first-order chi connectivity index (χ1) is 40.4. The van der Waals surface area contributed by atoms with Crippen LogP contribution >= 0.6 is 0 Å². The lowest BCUT2D eigenvalue weighted by atomic mass is 9.79. The third-order valence-electron chi connectivity index (χ3n) is 18.8. The fourth-order valence-corrected chi connectivity index (χ4v) is 14.2. The Kier molecular flexibility index (Phi) is 20.2. The van der Waals surface area contributed by atoms with Gasteiger partial charge >= 0.3 is 0 Å². The first-order valence-corrected chi connectivity index (χ1v) is 32.4. The maximum absolute atomic E-state index is 2.57. The largest absolute Gasteiger partial charge is 0.310 e. The fourth-order valence-electron chi connectivity index (χ4n) is 14.2. The summed E-state index contributed by atoms with van der Waals surface area (Å²) in [5, 5.41) is 2.63. The minimum atomic E-state index is -0.107. The molecule has 0 N–H and O–H groups in total. The lowest BCUT2D eigenvalue weighted by Gasteiger charge is -2.31. The third-order valence-corrected chi connectivity index (χ3v) is 18.8. The van der Waals surface area contributed by atoms with Crippen molar-refractivity contribution in [3.8, 4) is 33.4 Å². The average molecular weight is 1100 g/mol. The van der Waals surface area contributed by atoms with E-state index in [1.807, 2.05) is 27.7 Å². The highest BCUT2D eigenvalue weighted by Crippen LogP contribution is 2.55. The first-order valence-electron chi connectivity index (χ1n) is 32.4. The molecule has 0 bridgehead atoms. The molecule has 1 heteroatoms. The summed E-state index contributed by atoms with van der Waals surface area (Å²) in [7, 11) is 0. The van der Waals surface area contributed by atoms with Crippen LogP contribution in [0.3, 0.4) is 0 Å². The Morgan fingerprint density at radius 2 is 1.02 bits per heavy atom. The molecule has 4 aliphatic rings. The summed E-state index contributed by atoms with van der Waals surface area (Å²) in [4.78, 5) is 2.57. The zero-order chi connectivity index (χ0) is 58.8. The van der Waals surface area contributed by atoms with Gasteiger partial charge in [-0.05, 0) is 203 Å². The Morgan fingerprint density at radius 3 is 1.69 bits per heavy atom. The van der Waals surface area contributed by atoms with Crippen LogP contribution in [0.15, 0.2) is 182 Å². The van der Waals surface area contributed by atoms with Crippen LogP contribution in [0.25, 0.3) is 44.2 Å². The predicted octanol–water partition coefficient (Wildman–Crippen LogP) is 24.9. The summed E-state index contributed by atoms with van der Waals surface area (Å²) in [6.45, 7) is 28.7. The second kappa shape index (κ2) is 27.6. The highest BCUT2D eigenvalue weighted by atomic mass is 15.1. The summed E-state index contributed by atoms with van der Waals surface area (Å²) in [6.07, 6.45) is 16.0. The molecule has 0 aliphatic heterocycles. The van der Waals surface area contributed by atoms with Crippen molar-refractivity contribution in [2.75, 3.05) is 4.90 Å². The van der Waals surface area contributed by atoms with Crippen LogP contribution in [0.4, 0.5) is 17.1 Å². The van der Waals surface area contributed by atoms with Crippen LogP contribution in [-0.2, 0) is 11.8 Å². The third kappa shape index (κ3) is 13.1. The number of aryl methyl sites for hydroxylation is 4. The molecule has 4 aliphatic carbocycles. The Labute approximate surface area is 502 Å². The molecule has 0 heterocycles. The number of fused-ring (bicyclic) bond motifs is 8. The van der Waals surface area contributed by atoms with Crippen LogP contribution in [0.1, 0.15) is 218 Å². The van der Waals surface area contributed by atoms with Gasteiger partial charge in [-0.3, -0.25) is 0 Å². The van der Waals surface area contributed by atoms with Gasteiger partial charge in [-0.2, -0.15) is 0 Å². The van der Waals surface area contributed by atoms with Crippen molar-refractivity contribution in [3.63, 3.8) is 0 Å². The Balaban J connectivity index is 0.000000202. The summed E-state index contributed by atoms with van der Waals surface area (Å²) in [5.41, 5.74) is 27.7. The van der Waals surface area contributed by atoms with Gasteiger partial charge in [-0.25, -0.2) is 0 Å². The number of benzene rings is 9. The summed E-state index contributed by atoms with van der Waals surface area (Å²) in [5.74, 6) is 2.65. The Hall–Kier alpha value is -6.96. The molecule has 9 aromatic rings. The number of nitrogens with zero attached hydrogens (tertiary/aromatic N) is 1. The van der Waals surface area contributed by atoms with Gasteiger partial charge in [0.15, 0.2) is 0 Å². The molecule has 0 amide bonds. The van der Waals surface area contributed by atoms with Crippen molar-refractivity contribution in [1.29, 1.82) is 0 Å². The molecular formula is C82H97N. The van der Waals surface area contributed by atoms with E-state index in [2.05, 4.69) is 249 Å². The summed E-state index contributed by atoms with van der Waals surface area (Å²) < 4.78 is 0. The normalized spacial score (nSPS) is 16.1. The molecule has 0 aromatic heterocycles. The Morgan fingerprint density at radius 1 is 0.470 bits per heavy atom. The highest BCUT2D eigenvalue weighted by molar-refractivity contribution is 6.10. The van der Waals surface area contributed by atoms with E-state index < -0.39 is 0 Å². The van der Waals surface area contributed by atoms with E-state index in [1.165, 1.54) is 187 Å². The van der Waals surface area contributed by atoms with E-state index in [1.54, 1.807) is 5.56 Å². The molecule has 13 rings (SSSR count). The maximum Gasteiger partial charge on any atom is 0.0543 e. The average Bonchev–Trinajstić information content (AvgIpc) is 3.91. The summed E-state index contributed by atoms with van der Waals surface area (Å²) in [6, 6.07) is 69.0. The van der Waals surface area contributed by atoms with Crippen LogP contribution < -0.4 is 4.90 Å². The zero-order valence-electron chi connectivity index (χ0n) is 53.1. The van der Waals surface area contributed by atoms with Crippen molar-refractivity contribution in [1.82, 2.24) is 0 Å². The standard InChI is InChI=1S/C49H51N.C16H16.C13H18.2C2H6/c1-7-33(3)39-20-11-12-21-41(39)40-27-25-38(29-34(40)4)50(37-19-15-18-36(30-37)35-16-9-8-10-17-35)47-31-46-48(43-23-14-13-22-42(43)47)44-26-24-32(2)28-45(44)49(46,5)6;1-11-7-8-15-14-6-4-3-5-13(14)10-12(2)16(15)9-11;1-11-6-5-9-13(10-11)12-7-3-2-4-8-12;2*1-2/h11-15,18-31,33,35H,7-10,16-17H2,1-6H3;3-9,12H,10H2,1-2H3;5-6,9-10,12H,2-4,7-8H2,1H3;2*1-2H3. The topological polar surface area (TPSA) is 3.24 Å². The van der Waals surface area contributed by atoms with E-state index in [0.717, 1.165) is 12.3 Å². The quantitative estimate of drug-likeness (QED) is 0.147. The maximum atomic E-state index is 2.57. The zero-order valence-corrected chi connectivity index (χ0v) is 53.1. The van der Waals surface area contributed by atoms with Crippen molar-refractivity contribution in [2.45, 2.75) is 196 Å². The van der Waals surface area contributed by atoms with E-state index in [4.69, 9.17) is 0 Å². The summed E-state index contributed by atoms with van der Waals surface area (Å²) >= 11 is 0. The van der Waals surface area contributed by atoms with Crippen molar-refractivity contribution >= 4 is 27.8 Å². The lowest BCUT2D eigenvalue weighted by molar-refractivity contribution is 0.443. The monoisotopic (exact) mass is 1100 g/mol. The van der Waals surface area contributed by atoms with Crippen LogP contribution in [0, 0.1) is 27.7 Å². The van der Waals surface area contributed by atoms with Gasteiger partial charge in [-0.15, -0.1) is 0 Å². The van der Waals surface area contributed by atoms with Gasteiger partial charge in [0, 0.05) is 22.2 Å². The molecule has 430 valence electrons. The molecule has 2 atom stereocenters. The van der Waals surface area contributed by atoms with Crippen molar-refractivity contribution in [3.05, 3.63) is 243 Å². The highest BCUT2D eigenvalue weighted by Gasteiger charge is 2.38. The van der Waals surface area contributed by atoms with Gasteiger partial charge in [0.1, 0.15) is 0 Å². The van der Waals surface area contributed by atoms with Gasteiger partial charge in [-0.1, -0.05) is 269 Å². The number of rotatable bonds is 8. The minimum absolute atomic E-state index is 0.107. The molecule has 0 spiro atoms. The SMILES string of the molecule is CC.CC.CCC(C)c1ccccc1-c1ccc(N(c2cccc(C3CCCCC3)c2)c2cc3c(c4ccccc24)-c2ccc(C)cc2C3(C)C)cc1C.Cc1ccc2c(c1)C(C)Cc1ccccc1-2.Cc1cccc(C2CCCCC2)c1. The molecule has 0 radical (unpaired) electrons. The van der Waals surface area contributed by atoms with Crippen LogP contribution in [0.5, 0.6) is 0 Å². The van der Waals surface area contributed by atoms with E-state index in [-0.39, 0.29) is 5.41 Å². The molecule has 83 heavy (non-hydrogen) atoms. The predicted molar refractivity (Wildman–Crippen MR) is 364 cm³/mol.